The highest BCUT2D eigenvalue weighted by atomic mass is 32.1. The van der Waals surface area contributed by atoms with Gasteiger partial charge >= 0.3 is 0 Å². The van der Waals surface area contributed by atoms with Gasteiger partial charge in [0.25, 0.3) is 0 Å². The molecule has 0 aromatic carbocycles. The number of aliphatic hydroxyl groups is 1. The number of hydrogen-bond donors (Lipinski definition) is 2. The zero-order valence-corrected chi connectivity index (χ0v) is 8.29. The molecular formula is C8H15NO2S. The van der Waals surface area contributed by atoms with Crippen LogP contribution in [-0.2, 0) is 4.79 Å². The zero-order chi connectivity index (χ0) is 9.30. The summed E-state index contributed by atoms with van der Waals surface area (Å²) in [5.74, 6) is 0.190. The maximum absolute atomic E-state index is 11.1. The predicted octanol–water partition coefficient (Wildman–Crippen LogP) is 0.144. The summed E-state index contributed by atoms with van der Waals surface area (Å²) in [6.07, 6.45) is 0. The van der Waals surface area contributed by atoms with Crippen LogP contribution in [0.3, 0.4) is 0 Å². The normalized spacial score (nSPS) is 35.7. The van der Waals surface area contributed by atoms with E-state index in [-0.39, 0.29) is 29.7 Å². The van der Waals surface area contributed by atoms with E-state index in [0.717, 1.165) is 0 Å². The summed E-state index contributed by atoms with van der Waals surface area (Å²) in [6.45, 7) is 4.28. The Morgan fingerprint density at radius 3 is 2.58 bits per heavy atom. The molecule has 3 unspecified atom stereocenters. The smallest absolute Gasteiger partial charge is 0.219 e. The SMILES string of the molecule is CC(=O)N1CC(S)C(CO)C1C. The Morgan fingerprint density at radius 1 is 1.75 bits per heavy atom. The Bertz CT molecular complexity index is 186. The van der Waals surface area contributed by atoms with Crippen LogP contribution in [0.25, 0.3) is 0 Å². The molecule has 1 aliphatic rings. The highest BCUT2D eigenvalue weighted by Gasteiger charge is 2.37. The van der Waals surface area contributed by atoms with E-state index in [4.69, 9.17) is 5.11 Å². The van der Waals surface area contributed by atoms with Gasteiger partial charge in [0.1, 0.15) is 0 Å². The lowest BCUT2D eigenvalue weighted by Gasteiger charge is -2.22. The van der Waals surface area contributed by atoms with Gasteiger partial charge in [-0.05, 0) is 6.92 Å². The van der Waals surface area contributed by atoms with E-state index in [1.807, 2.05) is 6.92 Å². The molecule has 0 aromatic rings. The van der Waals surface area contributed by atoms with E-state index < -0.39 is 0 Å². The first-order valence-electron chi connectivity index (χ1n) is 4.14. The largest absolute Gasteiger partial charge is 0.396 e. The number of hydrogen-bond acceptors (Lipinski definition) is 3. The molecular weight excluding hydrogens is 174 g/mol. The molecule has 1 amide bonds. The van der Waals surface area contributed by atoms with Gasteiger partial charge < -0.3 is 10.0 Å². The van der Waals surface area contributed by atoms with Crippen molar-refractivity contribution in [2.45, 2.75) is 25.1 Å². The monoisotopic (exact) mass is 189 g/mol. The molecule has 0 aliphatic carbocycles. The number of thiol groups is 1. The summed E-state index contributed by atoms with van der Waals surface area (Å²) in [4.78, 5) is 12.8. The molecule has 0 spiro atoms. The molecule has 12 heavy (non-hydrogen) atoms. The van der Waals surface area contributed by atoms with Crippen LogP contribution in [0, 0.1) is 5.92 Å². The van der Waals surface area contributed by atoms with Crippen molar-refractivity contribution in [3.05, 3.63) is 0 Å². The average molecular weight is 189 g/mol. The minimum Gasteiger partial charge on any atom is -0.396 e. The van der Waals surface area contributed by atoms with E-state index in [1.165, 1.54) is 0 Å². The second kappa shape index (κ2) is 3.66. The van der Waals surface area contributed by atoms with Crippen LogP contribution in [0.1, 0.15) is 13.8 Å². The second-order valence-corrected chi connectivity index (χ2v) is 3.99. The van der Waals surface area contributed by atoms with Crippen LogP contribution in [0.2, 0.25) is 0 Å². The number of rotatable bonds is 1. The minimum atomic E-state index is 0.0671. The molecule has 1 fully saturated rings. The van der Waals surface area contributed by atoms with Crippen molar-refractivity contribution in [2.75, 3.05) is 13.2 Å². The van der Waals surface area contributed by atoms with E-state index in [0.29, 0.717) is 6.54 Å². The maximum atomic E-state index is 11.1. The molecule has 0 aromatic heterocycles. The highest BCUT2D eigenvalue weighted by molar-refractivity contribution is 7.81. The maximum Gasteiger partial charge on any atom is 0.219 e. The molecule has 3 nitrogen and oxygen atoms in total. The average Bonchev–Trinajstić information content (AvgIpc) is 2.27. The standard InChI is InChI=1S/C8H15NO2S/c1-5-7(4-10)8(12)3-9(5)6(2)11/h5,7-8,10,12H,3-4H2,1-2H3. The van der Waals surface area contributed by atoms with Gasteiger partial charge in [-0.1, -0.05) is 0 Å². The van der Waals surface area contributed by atoms with Gasteiger partial charge in [0, 0.05) is 37.3 Å². The first kappa shape index (κ1) is 9.86. The first-order valence-corrected chi connectivity index (χ1v) is 4.65. The summed E-state index contributed by atoms with van der Waals surface area (Å²) < 4.78 is 0. The minimum absolute atomic E-state index is 0.0671. The van der Waals surface area contributed by atoms with E-state index in [2.05, 4.69) is 12.6 Å². The number of likely N-dealkylation sites (tertiary alicyclic amines) is 1. The Balaban J connectivity index is 2.68. The molecule has 4 heteroatoms. The zero-order valence-electron chi connectivity index (χ0n) is 7.40. The molecule has 1 rings (SSSR count). The summed E-state index contributed by atoms with van der Waals surface area (Å²) in [6, 6.07) is 0.120. The van der Waals surface area contributed by atoms with Crippen LogP contribution >= 0.6 is 12.6 Å². The van der Waals surface area contributed by atoms with Gasteiger partial charge in [0.15, 0.2) is 0 Å². The lowest BCUT2D eigenvalue weighted by molar-refractivity contribution is -0.129. The molecule has 1 heterocycles. The molecule has 1 saturated heterocycles. The molecule has 0 bridgehead atoms. The Kier molecular flexibility index (Phi) is 3.01. The number of nitrogens with zero attached hydrogens (tertiary/aromatic N) is 1. The van der Waals surface area contributed by atoms with Gasteiger partial charge in [-0.25, -0.2) is 0 Å². The Morgan fingerprint density at radius 2 is 2.33 bits per heavy atom. The van der Waals surface area contributed by atoms with Crippen molar-refractivity contribution in [1.82, 2.24) is 4.90 Å². The van der Waals surface area contributed by atoms with E-state index >= 15 is 0 Å². The second-order valence-electron chi connectivity index (χ2n) is 3.33. The third-order valence-electron chi connectivity index (χ3n) is 2.60. The molecule has 1 aliphatic heterocycles. The molecule has 0 radical (unpaired) electrons. The summed E-state index contributed by atoms with van der Waals surface area (Å²) in [5, 5.41) is 9.14. The lowest BCUT2D eigenvalue weighted by Crippen LogP contribution is -2.34. The number of aliphatic hydroxyl groups excluding tert-OH is 1. The topological polar surface area (TPSA) is 40.5 Å². The summed E-state index contributed by atoms with van der Waals surface area (Å²) >= 11 is 4.33. The van der Waals surface area contributed by atoms with Crippen molar-refractivity contribution in [1.29, 1.82) is 0 Å². The Hall–Kier alpha value is -0.220. The third-order valence-corrected chi connectivity index (χ3v) is 3.15. The van der Waals surface area contributed by atoms with Gasteiger partial charge in [-0.3, -0.25) is 4.79 Å². The fourth-order valence-corrected chi connectivity index (χ4v) is 2.26. The van der Waals surface area contributed by atoms with Crippen LogP contribution in [-0.4, -0.2) is 40.4 Å². The highest BCUT2D eigenvalue weighted by Crippen LogP contribution is 2.27. The molecule has 70 valence electrons. The Labute approximate surface area is 78.2 Å². The van der Waals surface area contributed by atoms with Crippen molar-refractivity contribution in [3.8, 4) is 0 Å². The van der Waals surface area contributed by atoms with Crippen molar-refractivity contribution >= 4 is 18.5 Å². The fourth-order valence-electron chi connectivity index (χ4n) is 1.75. The predicted molar refractivity (Wildman–Crippen MR) is 50.2 cm³/mol. The number of carbonyl (C=O) groups excluding carboxylic acids is 1. The van der Waals surface area contributed by atoms with Gasteiger partial charge in [-0.15, -0.1) is 0 Å². The molecule has 0 saturated carbocycles. The van der Waals surface area contributed by atoms with Gasteiger partial charge in [0.2, 0.25) is 5.91 Å². The van der Waals surface area contributed by atoms with Crippen LogP contribution in [0.15, 0.2) is 0 Å². The van der Waals surface area contributed by atoms with E-state index in [1.54, 1.807) is 11.8 Å². The quantitative estimate of drug-likeness (QED) is 0.576. The van der Waals surface area contributed by atoms with Crippen molar-refractivity contribution < 1.29 is 9.90 Å². The molecule has 1 N–H and O–H groups in total. The fraction of sp³-hybridized carbons (Fsp3) is 0.875. The van der Waals surface area contributed by atoms with Crippen LogP contribution in [0.5, 0.6) is 0 Å². The van der Waals surface area contributed by atoms with Gasteiger partial charge in [-0.2, -0.15) is 12.6 Å². The molecule has 3 atom stereocenters. The summed E-state index contributed by atoms with van der Waals surface area (Å²) in [5.41, 5.74) is 0. The third kappa shape index (κ3) is 1.59. The first-order chi connectivity index (χ1) is 5.57. The number of amides is 1. The van der Waals surface area contributed by atoms with Crippen molar-refractivity contribution in [3.63, 3.8) is 0 Å². The van der Waals surface area contributed by atoms with Crippen LogP contribution in [0.4, 0.5) is 0 Å². The van der Waals surface area contributed by atoms with Crippen molar-refractivity contribution in [2.24, 2.45) is 5.92 Å². The van der Waals surface area contributed by atoms with E-state index in [9.17, 15) is 4.79 Å². The van der Waals surface area contributed by atoms with Crippen LogP contribution < -0.4 is 0 Å². The lowest BCUT2D eigenvalue weighted by atomic mass is 10.0. The van der Waals surface area contributed by atoms with Gasteiger partial charge in [0.05, 0.1) is 0 Å². The summed E-state index contributed by atoms with van der Waals surface area (Å²) in [7, 11) is 0. The number of carbonyl (C=O) groups is 1.